The van der Waals surface area contributed by atoms with Crippen LogP contribution in [-0.2, 0) is 9.53 Å². The van der Waals surface area contributed by atoms with Crippen LogP contribution in [0.5, 0.6) is 0 Å². The number of rotatable bonds is 3. The lowest BCUT2D eigenvalue weighted by molar-refractivity contribution is -0.121. The van der Waals surface area contributed by atoms with Crippen LogP contribution in [0.3, 0.4) is 0 Å². The van der Waals surface area contributed by atoms with Crippen LogP contribution in [0.25, 0.3) is 0 Å². The second-order valence-electron chi connectivity index (χ2n) is 6.46. The third kappa shape index (κ3) is 2.97. The number of hydrogen-bond donors (Lipinski definition) is 1. The molecule has 0 saturated carbocycles. The summed E-state index contributed by atoms with van der Waals surface area (Å²) < 4.78 is 5.99. The number of hydrogen-bond acceptors (Lipinski definition) is 5. The Labute approximate surface area is 140 Å². The SMILES string of the molecule is Cc1cnc(N2C[C@H]3C[C@@H](C(=O)Nc4ccccc4)[C@@H](C2)O3)nc1. The first kappa shape index (κ1) is 15.1. The van der Waals surface area contributed by atoms with Gasteiger partial charge in [0, 0.05) is 31.2 Å². The number of para-hydroxylation sites is 1. The van der Waals surface area contributed by atoms with Crippen molar-refractivity contribution in [3.8, 4) is 0 Å². The maximum Gasteiger partial charge on any atom is 0.230 e. The standard InChI is InChI=1S/C18H20N4O2/c1-12-8-19-18(20-9-12)22-10-14-7-15(16(11-22)24-14)17(23)21-13-5-3-2-4-6-13/h2-6,8-9,14-16H,7,10-11H2,1H3,(H,21,23)/t14-,15-,16-/m1/s1. The molecule has 0 spiro atoms. The first-order valence-electron chi connectivity index (χ1n) is 8.24. The summed E-state index contributed by atoms with van der Waals surface area (Å²) in [6.45, 7) is 3.35. The van der Waals surface area contributed by atoms with Crippen molar-refractivity contribution in [1.29, 1.82) is 0 Å². The summed E-state index contributed by atoms with van der Waals surface area (Å²) in [5.41, 5.74) is 1.86. The molecule has 1 aromatic carbocycles. The molecule has 3 atom stereocenters. The predicted molar refractivity (Wildman–Crippen MR) is 90.8 cm³/mol. The fraction of sp³-hybridized carbons (Fsp3) is 0.389. The molecule has 2 aliphatic rings. The highest BCUT2D eigenvalue weighted by Crippen LogP contribution is 2.33. The summed E-state index contributed by atoms with van der Waals surface area (Å²) in [7, 11) is 0. The van der Waals surface area contributed by atoms with Crippen LogP contribution in [-0.4, -0.2) is 41.2 Å². The van der Waals surface area contributed by atoms with E-state index >= 15 is 0 Å². The van der Waals surface area contributed by atoms with Crippen molar-refractivity contribution in [1.82, 2.24) is 9.97 Å². The number of anilines is 2. The minimum atomic E-state index is -0.134. The number of benzene rings is 1. The van der Waals surface area contributed by atoms with Gasteiger partial charge in [-0.3, -0.25) is 4.79 Å². The number of amides is 1. The number of nitrogens with one attached hydrogen (secondary N) is 1. The number of aromatic nitrogens is 2. The first-order chi connectivity index (χ1) is 11.7. The highest BCUT2D eigenvalue weighted by atomic mass is 16.5. The molecule has 0 aliphatic carbocycles. The Morgan fingerprint density at radius 3 is 2.71 bits per heavy atom. The van der Waals surface area contributed by atoms with Crippen molar-refractivity contribution in [2.24, 2.45) is 5.92 Å². The second-order valence-corrected chi connectivity index (χ2v) is 6.46. The summed E-state index contributed by atoms with van der Waals surface area (Å²) in [6.07, 6.45) is 4.32. The Morgan fingerprint density at radius 1 is 1.21 bits per heavy atom. The van der Waals surface area contributed by atoms with Gasteiger partial charge in [-0.1, -0.05) is 18.2 Å². The van der Waals surface area contributed by atoms with E-state index in [-0.39, 0.29) is 24.0 Å². The van der Waals surface area contributed by atoms with E-state index in [1.807, 2.05) is 49.6 Å². The van der Waals surface area contributed by atoms with Crippen LogP contribution in [0, 0.1) is 12.8 Å². The average Bonchev–Trinajstić information content (AvgIpc) is 2.90. The van der Waals surface area contributed by atoms with Crippen molar-refractivity contribution >= 4 is 17.5 Å². The first-order valence-corrected chi connectivity index (χ1v) is 8.24. The maximum atomic E-state index is 12.6. The van der Waals surface area contributed by atoms with Crippen LogP contribution < -0.4 is 10.2 Å². The number of carbonyl (C=O) groups excluding carboxylic acids is 1. The molecule has 0 unspecified atom stereocenters. The van der Waals surface area contributed by atoms with Gasteiger partial charge in [-0.2, -0.15) is 0 Å². The molecule has 2 bridgehead atoms. The number of morpholine rings is 1. The molecule has 6 nitrogen and oxygen atoms in total. The molecule has 2 aromatic rings. The summed E-state index contributed by atoms with van der Waals surface area (Å²) in [4.78, 5) is 23.5. The Kier molecular flexibility index (Phi) is 3.90. The van der Waals surface area contributed by atoms with Crippen molar-refractivity contribution in [2.45, 2.75) is 25.6 Å². The fourth-order valence-electron chi connectivity index (χ4n) is 3.40. The van der Waals surface area contributed by atoms with E-state index < -0.39 is 0 Å². The molecule has 4 rings (SSSR count). The number of carbonyl (C=O) groups is 1. The van der Waals surface area contributed by atoms with Crippen LogP contribution in [0.1, 0.15) is 12.0 Å². The van der Waals surface area contributed by atoms with Gasteiger partial charge in [0.15, 0.2) is 0 Å². The van der Waals surface area contributed by atoms with Gasteiger partial charge >= 0.3 is 0 Å². The van der Waals surface area contributed by atoms with Crippen molar-refractivity contribution in [2.75, 3.05) is 23.3 Å². The van der Waals surface area contributed by atoms with Gasteiger partial charge in [0.25, 0.3) is 0 Å². The van der Waals surface area contributed by atoms with Crippen LogP contribution in [0.15, 0.2) is 42.7 Å². The quantitative estimate of drug-likeness (QED) is 0.935. The fourth-order valence-corrected chi connectivity index (χ4v) is 3.40. The molecular formula is C18H20N4O2. The summed E-state index contributed by atoms with van der Waals surface area (Å²) in [5, 5.41) is 2.99. The van der Waals surface area contributed by atoms with E-state index in [0.717, 1.165) is 24.2 Å². The van der Waals surface area contributed by atoms with Gasteiger partial charge in [-0.25, -0.2) is 9.97 Å². The molecule has 6 heteroatoms. The van der Waals surface area contributed by atoms with E-state index in [0.29, 0.717) is 12.5 Å². The van der Waals surface area contributed by atoms with Crippen molar-refractivity contribution in [3.63, 3.8) is 0 Å². The largest absolute Gasteiger partial charge is 0.370 e. The lowest BCUT2D eigenvalue weighted by atomic mass is 9.99. The highest BCUT2D eigenvalue weighted by molar-refractivity contribution is 5.93. The highest BCUT2D eigenvalue weighted by Gasteiger charge is 2.45. The molecule has 1 N–H and O–H groups in total. The second kappa shape index (κ2) is 6.20. The molecule has 124 valence electrons. The monoisotopic (exact) mass is 324 g/mol. The minimum Gasteiger partial charge on any atom is -0.370 e. The normalized spacial score (nSPS) is 25.5. The Balaban J connectivity index is 1.45. The zero-order chi connectivity index (χ0) is 16.5. The van der Waals surface area contributed by atoms with Gasteiger partial charge in [0.1, 0.15) is 0 Å². The molecule has 24 heavy (non-hydrogen) atoms. The smallest absolute Gasteiger partial charge is 0.230 e. The van der Waals surface area contributed by atoms with Gasteiger partial charge in [0.05, 0.1) is 18.1 Å². The summed E-state index contributed by atoms with van der Waals surface area (Å²) in [6, 6.07) is 9.55. The van der Waals surface area contributed by atoms with E-state index in [9.17, 15) is 4.79 Å². The minimum absolute atomic E-state index is 0.0281. The number of ether oxygens (including phenoxy) is 1. The third-order valence-electron chi connectivity index (χ3n) is 4.59. The van der Waals surface area contributed by atoms with E-state index in [2.05, 4.69) is 20.2 Å². The van der Waals surface area contributed by atoms with Gasteiger partial charge < -0.3 is 15.0 Å². The maximum absolute atomic E-state index is 12.6. The molecular weight excluding hydrogens is 304 g/mol. The molecule has 2 saturated heterocycles. The van der Waals surface area contributed by atoms with E-state index in [1.165, 1.54) is 0 Å². The molecule has 2 fully saturated rings. The van der Waals surface area contributed by atoms with Crippen molar-refractivity contribution in [3.05, 3.63) is 48.3 Å². The lowest BCUT2D eigenvalue weighted by Gasteiger charge is -2.32. The lowest BCUT2D eigenvalue weighted by Crippen LogP contribution is -2.45. The van der Waals surface area contributed by atoms with Crippen LogP contribution in [0.2, 0.25) is 0 Å². The van der Waals surface area contributed by atoms with Crippen LogP contribution in [0.4, 0.5) is 11.6 Å². The topological polar surface area (TPSA) is 67.4 Å². The molecule has 2 aliphatic heterocycles. The van der Waals surface area contributed by atoms with E-state index in [1.54, 1.807) is 0 Å². The Bertz CT molecular complexity index is 720. The average molecular weight is 324 g/mol. The van der Waals surface area contributed by atoms with Crippen molar-refractivity contribution < 1.29 is 9.53 Å². The third-order valence-corrected chi connectivity index (χ3v) is 4.59. The van der Waals surface area contributed by atoms with Crippen LogP contribution >= 0.6 is 0 Å². The van der Waals surface area contributed by atoms with Gasteiger partial charge in [-0.05, 0) is 31.0 Å². The summed E-state index contributed by atoms with van der Waals surface area (Å²) >= 11 is 0. The van der Waals surface area contributed by atoms with Gasteiger partial charge in [0.2, 0.25) is 11.9 Å². The zero-order valence-electron chi connectivity index (χ0n) is 13.6. The molecule has 1 aromatic heterocycles. The Hall–Kier alpha value is -2.47. The Morgan fingerprint density at radius 2 is 1.96 bits per heavy atom. The molecule has 1 amide bonds. The molecule has 3 heterocycles. The molecule has 0 radical (unpaired) electrons. The van der Waals surface area contributed by atoms with E-state index in [4.69, 9.17) is 4.74 Å². The zero-order valence-corrected chi connectivity index (χ0v) is 13.6. The summed E-state index contributed by atoms with van der Waals surface area (Å²) in [5.74, 6) is 0.606. The number of fused-ring (bicyclic) bond motifs is 2. The number of nitrogens with zero attached hydrogens (tertiary/aromatic N) is 3. The predicted octanol–water partition coefficient (Wildman–Crippen LogP) is 2.02. The number of aryl methyl sites for hydroxylation is 1. The van der Waals surface area contributed by atoms with Gasteiger partial charge in [-0.15, -0.1) is 0 Å².